The van der Waals surface area contributed by atoms with Crippen LogP contribution in [0.1, 0.15) is 56.3 Å². The number of carbonyl (C=O) groups excluding carboxylic acids is 2. The van der Waals surface area contributed by atoms with E-state index in [1.807, 2.05) is 44.2 Å². The van der Waals surface area contributed by atoms with Crippen LogP contribution in [-0.4, -0.2) is 47.2 Å². The smallest absolute Gasteiger partial charge is 0.345 e. The Hall–Kier alpha value is -2.83. The van der Waals surface area contributed by atoms with Crippen LogP contribution in [0.15, 0.2) is 34.9 Å². The highest BCUT2D eigenvalue weighted by Gasteiger charge is 2.42. The highest BCUT2D eigenvalue weighted by Crippen LogP contribution is 2.37. The van der Waals surface area contributed by atoms with Crippen molar-refractivity contribution in [1.82, 2.24) is 10.1 Å². The van der Waals surface area contributed by atoms with Crippen molar-refractivity contribution in [2.75, 3.05) is 12.4 Å². The summed E-state index contributed by atoms with van der Waals surface area (Å²) < 4.78 is 10.6. The van der Waals surface area contributed by atoms with Crippen LogP contribution in [0.2, 0.25) is 0 Å². The van der Waals surface area contributed by atoms with Crippen molar-refractivity contribution in [3.05, 3.63) is 35.9 Å². The van der Waals surface area contributed by atoms with Gasteiger partial charge in [0.25, 0.3) is 0 Å². The van der Waals surface area contributed by atoms with E-state index in [-0.39, 0.29) is 30.0 Å². The van der Waals surface area contributed by atoms with Gasteiger partial charge in [0.1, 0.15) is 0 Å². The van der Waals surface area contributed by atoms with Gasteiger partial charge in [0.15, 0.2) is 17.1 Å². The summed E-state index contributed by atoms with van der Waals surface area (Å²) in [4.78, 5) is 27.4. The molecule has 1 aromatic heterocycles. The van der Waals surface area contributed by atoms with Crippen molar-refractivity contribution in [3.63, 3.8) is 0 Å². The topological polar surface area (TPSA) is 84.7 Å². The summed E-state index contributed by atoms with van der Waals surface area (Å²) in [5.41, 5.74) is 1.09. The number of amides is 1. The molecule has 7 heteroatoms. The molecule has 0 aliphatic carbocycles. The number of rotatable bonds is 5. The van der Waals surface area contributed by atoms with Gasteiger partial charge >= 0.3 is 5.97 Å². The second-order valence-electron chi connectivity index (χ2n) is 8.54. The highest BCUT2D eigenvalue weighted by molar-refractivity contribution is 6.00. The molecule has 0 radical (unpaired) electrons. The first-order chi connectivity index (χ1) is 14.5. The molecule has 1 aromatic carbocycles. The fraction of sp³-hybridized carbons (Fsp3) is 0.522. The number of nitrogens with zero attached hydrogens (tertiary/aromatic N) is 2. The van der Waals surface area contributed by atoms with E-state index in [4.69, 9.17) is 9.26 Å². The maximum absolute atomic E-state index is 12.7. The number of hydrogen-bond donors (Lipinski definition) is 1. The van der Waals surface area contributed by atoms with E-state index in [0.717, 1.165) is 37.7 Å². The Morgan fingerprint density at radius 2 is 1.83 bits per heavy atom. The Bertz CT molecular complexity index is 894. The first-order valence-electron chi connectivity index (χ1n) is 10.7. The van der Waals surface area contributed by atoms with Crippen LogP contribution in [0.5, 0.6) is 0 Å². The predicted octanol–water partition coefficient (Wildman–Crippen LogP) is 4.11. The number of piperidine rings is 2. The van der Waals surface area contributed by atoms with Crippen LogP contribution >= 0.6 is 0 Å². The van der Waals surface area contributed by atoms with Crippen molar-refractivity contribution in [2.24, 2.45) is 5.92 Å². The summed E-state index contributed by atoms with van der Waals surface area (Å²) >= 11 is 0. The lowest BCUT2D eigenvalue weighted by atomic mass is 9.81. The van der Waals surface area contributed by atoms with Crippen molar-refractivity contribution in [1.29, 1.82) is 0 Å². The van der Waals surface area contributed by atoms with Crippen molar-refractivity contribution in [2.45, 2.75) is 64.1 Å². The molecular weight excluding hydrogens is 382 g/mol. The molecule has 2 saturated heterocycles. The molecule has 2 fully saturated rings. The lowest BCUT2D eigenvalue weighted by Gasteiger charge is -2.49. The molecule has 160 valence electrons. The highest BCUT2D eigenvalue weighted by atomic mass is 16.5. The minimum absolute atomic E-state index is 0.00695. The number of esters is 1. The number of nitrogens with one attached hydrogen (secondary N) is 1. The zero-order chi connectivity index (χ0) is 21.3. The normalized spacial score (nSPS) is 23.3. The molecule has 0 spiro atoms. The van der Waals surface area contributed by atoms with E-state index in [9.17, 15) is 9.59 Å². The molecule has 4 rings (SSSR count). The summed E-state index contributed by atoms with van der Waals surface area (Å²) in [6.45, 7) is 3.93. The lowest BCUT2D eigenvalue weighted by Crippen LogP contribution is -2.58. The van der Waals surface area contributed by atoms with Gasteiger partial charge in [-0.1, -0.05) is 49.3 Å². The number of benzene rings is 1. The van der Waals surface area contributed by atoms with Crippen molar-refractivity contribution >= 4 is 17.7 Å². The van der Waals surface area contributed by atoms with Gasteiger partial charge < -0.3 is 19.5 Å². The maximum Gasteiger partial charge on any atom is 0.345 e. The molecule has 2 aromatic rings. The first kappa shape index (κ1) is 20.4. The molecular formula is C23H29N3O4. The van der Waals surface area contributed by atoms with Crippen molar-refractivity contribution < 1.29 is 18.8 Å². The quantitative estimate of drug-likeness (QED) is 0.746. The molecule has 1 unspecified atom stereocenters. The fourth-order valence-electron chi connectivity index (χ4n) is 4.82. The fourth-order valence-corrected chi connectivity index (χ4v) is 4.82. The number of anilines is 1. The second-order valence-corrected chi connectivity index (χ2v) is 8.54. The molecule has 30 heavy (non-hydrogen) atoms. The Balaban J connectivity index is 1.57. The Morgan fingerprint density at radius 1 is 1.17 bits per heavy atom. The molecule has 3 heterocycles. The number of aromatic nitrogens is 1. The molecule has 3 atom stereocenters. The van der Waals surface area contributed by atoms with Gasteiger partial charge in [0.05, 0.1) is 7.11 Å². The number of hydrogen-bond acceptors (Lipinski definition) is 6. The monoisotopic (exact) mass is 411 g/mol. The summed E-state index contributed by atoms with van der Waals surface area (Å²) in [7, 11) is 1.36. The third-order valence-electron chi connectivity index (χ3n) is 6.18. The third kappa shape index (κ3) is 3.80. The second kappa shape index (κ2) is 8.50. The van der Waals surface area contributed by atoms with Gasteiger partial charge in [-0.15, -0.1) is 0 Å². The Morgan fingerprint density at radius 3 is 2.43 bits per heavy atom. The number of methoxy groups -OCH3 is 1. The minimum atomic E-state index is -0.481. The van der Waals surface area contributed by atoms with E-state index in [0.29, 0.717) is 17.1 Å². The zero-order valence-corrected chi connectivity index (χ0v) is 17.8. The summed E-state index contributed by atoms with van der Waals surface area (Å²) in [5, 5.41) is 7.59. The lowest BCUT2D eigenvalue weighted by molar-refractivity contribution is -0.144. The van der Waals surface area contributed by atoms with E-state index in [1.165, 1.54) is 7.11 Å². The molecule has 2 aliphatic heterocycles. The van der Waals surface area contributed by atoms with Gasteiger partial charge in [0.2, 0.25) is 5.91 Å². The largest absolute Gasteiger partial charge is 0.465 e. The standard InChI is InChI=1S/C23H29N3O4/c1-14(2)22(27)26-17-10-7-11-18(26)13-16(12-17)24-21-19(23(28)29-3)20(30-25-21)15-8-5-4-6-9-15/h4-6,8-9,14,16-18H,7,10-13H2,1-3H3,(H,24,25)/t16?,17-,18+. The molecule has 0 saturated carbocycles. The van der Waals surface area contributed by atoms with Crippen molar-refractivity contribution in [3.8, 4) is 11.3 Å². The summed E-state index contributed by atoms with van der Waals surface area (Å²) in [6, 6.07) is 9.99. The van der Waals surface area contributed by atoms with Crippen LogP contribution in [0.3, 0.4) is 0 Å². The number of ether oxygens (including phenoxy) is 1. The molecule has 1 N–H and O–H groups in total. The minimum Gasteiger partial charge on any atom is -0.465 e. The average Bonchev–Trinajstić information content (AvgIpc) is 3.16. The van der Waals surface area contributed by atoms with E-state index >= 15 is 0 Å². The van der Waals surface area contributed by atoms with Crippen LogP contribution < -0.4 is 5.32 Å². The summed E-state index contributed by atoms with van der Waals surface area (Å²) in [6.07, 6.45) is 4.86. The average molecular weight is 412 g/mol. The summed E-state index contributed by atoms with van der Waals surface area (Å²) in [5.74, 6) is 0.578. The Kier molecular flexibility index (Phi) is 5.79. The van der Waals surface area contributed by atoms with Gasteiger partial charge in [0, 0.05) is 29.6 Å². The van der Waals surface area contributed by atoms with Gasteiger partial charge in [-0.3, -0.25) is 4.79 Å². The van der Waals surface area contributed by atoms with Gasteiger partial charge in [-0.25, -0.2) is 4.79 Å². The molecule has 7 nitrogen and oxygen atoms in total. The SMILES string of the molecule is COC(=O)c1c(NC2C[C@H]3CCC[C@@H](C2)N3C(=O)C(C)C)noc1-c1ccccc1. The van der Waals surface area contributed by atoms with E-state index < -0.39 is 5.97 Å². The van der Waals surface area contributed by atoms with Crippen LogP contribution in [-0.2, 0) is 9.53 Å². The molecule has 1 amide bonds. The van der Waals surface area contributed by atoms with Gasteiger partial charge in [-0.05, 0) is 32.1 Å². The Labute approximate surface area is 176 Å². The first-order valence-corrected chi connectivity index (χ1v) is 10.7. The van der Waals surface area contributed by atoms with Crippen LogP contribution in [0, 0.1) is 5.92 Å². The van der Waals surface area contributed by atoms with Crippen LogP contribution in [0.4, 0.5) is 5.82 Å². The number of carbonyl (C=O) groups is 2. The molecule has 2 aliphatic rings. The van der Waals surface area contributed by atoms with Crippen LogP contribution in [0.25, 0.3) is 11.3 Å². The zero-order valence-electron chi connectivity index (χ0n) is 17.8. The maximum atomic E-state index is 12.7. The number of fused-ring (bicyclic) bond motifs is 2. The third-order valence-corrected chi connectivity index (χ3v) is 6.18. The molecule has 2 bridgehead atoms. The predicted molar refractivity (Wildman–Crippen MR) is 113 cm³/mol. The van der Waals surface area contributed by atoms with E-state index in [2.05, 4.69) is 15.4 Å². The van der Waals surface area contributed by atoms with E-state index in [1.54, 1.807) is 0 Å². The van der Waals surface area contributed by atoms with Gasteiger partial charge in [-0.2, -0.15) is 0 Å².